The van der Waals surface area contributed by atoms with E-state index in [1.807, 2.05) is 13.8 Å². The Morgan fingerprint density at radius 2 is 1.85 bits per heavy atom. The van der Waals surface area contributed by atoms with E-state index in [9.17, 15) is 14.0 Å². The van der Waals surface area contributed by atoms with E-state index in [1.165, 1.54) is 18.2 Å². The molecule has 0 aliphatic heterocycles. The summed E-state index contributed by atoms with van der Waals surface area (Å²) in [6.45, 7) is 3.43. The molecule has 8 heteroatoms. The minimum absolute atomic E-state index is 0. The first kappa shape index (κ1) is 22.4. The number of halogens is 2. The molecule has 0 fully saturated rings. The number of para-hydroxylation sites is 2. The number of benzene rings is 2. The number of nitrogens with one attached hydrogen (secondary N) is 2. The van der Waals surface area contributed by atoms with Crippen LogP contribution in [0.5, 0.6) is 11.5 Å². The van der Waals surface area contributed by atoms with Crippen molar-refractivity contribution >= 4 is 29.9 Å². The molecule has 1 atom stereocenters. The van der Waals surface area contributed by atoms with E-state index in [1.54, 1.807) is 30.3 Å². The van der Waals surface area contributed by atoms with E-state index in [0.717, 1.165) is 0 Å². The first-order valence-electron chi connectivity index (χ1n) is 8.22. The lowest BCUT2D eigenvalue weighted by Gasteiger charge is -2.16. The number of nitrogens with two attached hydrogens (primary N) is 1. The number of ether oxygens (including phenoxy) is 1. The molecule has 0 aromatic heterocycles. The predicted molar refractivity (Wildman–Crippen MR) is 105 cm³/mol. The van der Waals surface area contributed by atoms with Crippen molar-refractivity contribution < 1.29 is 18.7 Å². The monoisotopic (exact) mass is 395 g/mol. The largest absolute Gasteiger partial charge is 0.455 e. The van der Waals surface area contributed by atoms with E-state index in [-0.39, 0.29) is 30.8 Å². The molecule has 2 rings (SSSR count). The number of rotatable bonds is 7. The molecule has 4 N–H and O–H groups in total. The van der Waals surface area contributed by atoms with Crippen molar-refractivity contribution in [2.24, 2.45) is 11.7 Å². The van der Waals surface area contributed by atoms with Gasteiger partial charge >= 0.3 is 0 Å². The number of amides is 2. The summed E-state index contributed by atoms with van der Waals surface area (Å²) in [7, 11) is 0. The first-order chi connectivity index (χ1) is 12.4. The number of hydrogen-bond donors (Lipinski definition) is 3. The molecule has 146 valence electrons. The Morgan fingerprint density at radius 1 is 1.15 bits per heavy atom. The van der Waals surface area contributed by atoms with Crippen LogP contribution in [0.2, 0.25) is 0 Å². The molecule has 0 radical (unpaired) electrons. The van der Waals surface area contributed by atoms with Gasteiger partial charge in [-0.3, -0.25) is 9.59 Å². The van der Waals surface area contributed by atoms with Crippen molar-refractivity contribution in [1.82, 2.24) is 5.32 Å². The third-order valence-corrected chi connectivity index (χ3v) is 3.63. The molecule has 27 heavy (non-hydrogen) atoms. The minimum Gasteiger partial charge on any atom is -0.455 e. The maximum absolute atomic E-state index is 13.3. The standard InChI is InChI=1S/C19H22FN3O3.ClH/c1-12(2)18(21)19(25)22-11-17(24)23-15-8-3-4-9-16(15)26-14-7-5-6-13(20)10-14;/h3-10,12,18H,11,21H2,1-2H3,(H,22,25)(H,23,24);1H/t18-;/m0./s1. The van der Waals surface area contributed by atoms with Gasteiger partial charge in [-0.1, -0.05) is 32.0 Å². The summed E-state index contributed by atoms with van der Waals surface area (Å²) in [6, 6.07) is 11.8. The quantitative estimate of drug-likeness (QED) is 0.671. The summed E-state index contributed by atoms with van der Waals surface area (Å²) in [5, 5.41) is 5.15. The second kappa shape index (κ2) is 10.5. The SMILES string of the molecule is CC(C)[C@H](N)C(=O)NCC(=O)Nc1ccccc1Oc1cccc(F)c1.Cl. The van der Waals surface area contributed by atoms with Gasteiger partial charge in [-0.25, -0.2) is 4.39 Å². The van der Waals surface area contributed by atoms with Crippen LogP contribution in [0.25, 0.3) is 0 Å². The molecule has 0 aliphatic rings. The van der Waals surface area contributed by atoms with Gasteiger partial charge in [0.25, 0.3) is 0 Å². The molecule has 2 aromatic carbocycles. The second-order valence-corrected chi connectivity index (χ2v) is 6.09. The Balaban J connectivity index is 0.00000364. The predicted octanol–water partition coefficient (Wildman–Crippen LogP) is 3.08. The Morgan fingerprint density at radius 3 is 2.52 bits per heavy atom. The molecular formula is C19H23ClFN3O3. The van der Waals surface area contributed by atoms with E-state index < -0.39 is 17.8 Å². The minimum atomic E-state index is -0.675. The molecule has 0 unspecified atom stereocenters. The van der Waals surface area contributed by atoms with Crippen LogP contribution in [-0.4, -0.2) is 24.4 Å². The van der Waals surface area contributed by atoms with E-state index >= 15 is 0 Å². The van der Waals surface area contributed by atoms with Crippen LogP contribution in [0.1, 0.15) is 13.8 Å². The Bertz CT molecular complexity index is 786. The molecule has 0 spiro atoms. The normalized spacial score (nSPS) is 11.3. The van der Waals surface area contributed by atoms with E-state index in [0.29, 0.717) is 17.2 Å². The van der Waals surface area contributed by atoms with Gasteiger partial charge in [-0.2, -0.15) is 0 Å². The average Bonchev–Trinajstić information content (AvgIpc) is 2.60. The molecule has 0 aliphatic carbocycles. The van der Waals surface area contributed by atoms with E-state index in [4.69, 9.17) is 10.5 Å². The molecule has 0 saturated heterocycles. The fraction of sp³-hybridized carbons (Fsp3) is 0.263. The van der Waals surface area contributed by atoms with Crippen LogP contribution in [0.4, 0.5) is 10.1 Å². The highest BCUT2D eigenvalue weighted by Gasteiger charge is 2.18. The van der Waals surface area contributed by atoms with Gasteiger partial charge in [0.2, 0.25) is 11.8 Å². The zero-order valence-electron chi connectivity index (χ0n) is 15.1. The summed E-state index contributed by atoms with van der Waals surface area (Å²) in [4.78, 5) is 23.9. The fourth-order valence-corrected chi connectivity index (χ4v) is 2.10. The van der Waals surface area contributed by atoms with Crippen molar-refractivity contribution in [1.29, 1.82) is 0 Å². The molecule has 2 aromatic rings. The lowest BCUT2D eigenvalue weighted by molar-refractivity contribution is -0.125. The Kier molecular flexibility index (Phi) is 8.71. The van der Waals surface area contributed by atoms with Gasteiger partial charge in [0, 0.05) is 6.07 Å². The lowest BCUT2D eigenvalue weighted by atomic mass is 10.1. The smallest absolute Gasteiger partial charge is 0.243 e. The molecular weight excluding hydrogens is 373 g/mol. The summed E-state index contributed by atoms with van der Waals surface area (Å²) < 4.78 is 18.9. The van der Waals surface area contributed by atoms with Gasteiger partial charge in [0.1, 0.15) is 11.6 Å². The zero-order chi connectivity index (χ0) is 19.1. The number of hydrogen-bond acceptors (Lipinski definition) is 4. The first-order valence-corrected chi connectivity index (χ1v) is 8.22. The van der Waals surface area contributed by atoms with Crippen LogP contribution in [0.3, 0.4) is 0 Å². The van der Waals surface area contributed by atoms with Gasteiger partial charge in [0.15, 0.2) is 5.75 Å². The summed E-state index contributed by atoms with van der Waals surface area (Å²) in [5.41, 5.74) is 6.13. The van der Waals surface area contributed by atoms with Gasteiger partial charge in [-0.05, 0) is 30.2 Å². The number of carbonyl (C=O) groups is 2. The molecule has 0 heterocycles. The van der Waals surface area contributed by atoms with Crippen molar-refractivity contribution in [2.45, 2.75) is 19.9 Å². The highest BCUT2D eigenvalue weighted by Crippen LogP contribution is 2.29. The van der Waals surface area contributed by atoms with Crippen LogP contribution in [-0.2, 0) is 9.59 Å². The maximum atomic E-state index is 13.3. The van der Waals surface area contributed by atoms with Crippen LogP contribution in [0.15, 0.2) is 48.5 Å². The van der Waals surface area contributed by atoms with Gasteiger partial charge in [0.05, 0.1) is 18.3 Å². The van der Waals surface area contributed by atoms with Crippen molar-refractivity contribution in [2.75, 3.05) is 11.9 Å². The highest BCUT2D eigenvalue weighted by atomic mass is 35.5. The van der Waals surface area contributed by atoms with Crippen LogP contribution < -0.4 is 21.1 Å². The van der Waals surface area contributed by atoms with E-state index in [2.05, 4.69) is 10.6 Å². The molecule has 6 nitrogen and oxygen atoms in total. The topological polar surface area (TPSA) is 93.5 Å². The third-order valence-electron chi connectivity index (χ3n) is 3.63. The van der Waals surface area contributed by atoms with Crippen LogP contribution >= 0.6 is 12.4 Å². The highest BCUT2D eigenvalue weighted by molar-refractivity contribution is 5.96. The van der Waals surface area contributed by atoms with Crippen molar-refractivity contribution in [3.05, 3.63) is 54.3 Å². The summed E-state index contributed by atoms with van der Waals surface area (Å²) >= 11 is 0. The number of carbonyl (C=O) groups excluding carboxylic acids is 2. The average molecular weight is 396 g/mol. The van der Waals surface area contributed by atoms with Gasteiger partial charge in [-0.15, -0.1) is 12.4 Å². The third kappa shape index (κ3) is 6.88. The second-order valence-electron chi connectivity index (χ2n) is 6.09. The van der Waals surface area contributed by atoms with Crippen molar-refractivity contribution in [3.63, 3.8) is 0 Å². The van der Waals surface area contributed by atoms with Crippen molar-refractivity contribution in [3.8, 4) is 11.5 Å². The maximum Gasteiger partial charge on any atom is 0.243 e. The number of anilines is 1. The fourth-order valence-electron chi connectivity index (χ4n) is 2.10. The zero-order valence-corrected chi connectivity index (χ0v) is 15.9. The molecule has 2 amide bonds. The molecule has 0 bridgehead atoms. The Labute approximate surface area is 163 Å². The summed E-state index contributed by atoms with van der Waals surface area (Å²) in [6.07, 6.45) is 0. The molecule has 0 saturated carbocycles. The van der Waals surface area contributed by atoms with Gasteiger partial charge < -0.3 is 21.1 Å². The Hall–Kier alpha value is -2.64. The van der Waals surface area contributed by atoms with Crippen LogP contribution in [0, 0.1) is 11.7 Å². The lowest BCUT2D eigenvalue weighted by Crippen LogP contribution is -2.46. The summed E-state index contributed by atoms with van der Waals surface area (Å²) in [5.74, 6) is -0.602.